The molecule has 1 unspecified atom stereocenters. The summed E-state index contributed by atoms with van der Waals surface area (Å²) in [4.78, 5) is 0. The van der Waals surface area contributed by atoms with Crippen molar-refractivity contribution in [1.82, 2.24) is 0 Å². The molecule has 2 aliphatic carbocycles. The quantitative estimate of drug-likeness (QED) is 0.770. The molecule has 2 aliphatic rings. The van der Waals surface area contributed by atoms with E-state index >= 15 is 0 Å². The topological polar surface area (TPSA) is 20.2 Å². The van der Waals surface area contributed by atoms with Gasteiger partial charge in [0.1, 0.15) is 5.82 Å². The van der Waals surface area contributed by atoms with E-state index in [1.807, 2.05) is 6.07 Å². The van der Waals surface area contributed by atoms with Crippen LogP contribution < -0.4 is 0 Å². The molecule has 1 saturated carbocycles. The molecule has 0 bridgehead atoms. The van der Waals surface area contributed by atoms with Crippen LogP contribution in [0.4, 0.5) is 4.39 Å². The highest BCUT2D eigenvalue weighted by molar-refractivity contribution is 5.39. The average molecular weight is 220 g/mol. The van der Waals surface area contributed by atoms with Crippen LogP contribution in [-0.4, -0.2) is 5.11 Å². The summed E-state index contributed by atoms with van der Waals surface area (Å²) in [5.41, 5.74) is 0.866. The summed E-state index contributed by atoms with van der Waals surface area (Å²) < 4.78 is 13.6. The van der Waals surface area contributed by atoms with E-state index in [1.165, 1.54) is 18.9 Å². The van der Waals surface area contributed by atoms with Gasteiger partial charge in [0.2, 0.25) is 0 Å². The Morgan fingerprint density at radius 1 is 1.25 bits per heavy atom. The Balaban J connectivity index is 2.04. The van der Waals surface area contributed by atoms with Crippen LogP contribution in [0.25, 0.3) is 0 Å². The van der Waals surface area contributed by atoms with Gasteiger partial charge in [0, 0.05) is 0 Å². The van der Waals surface area contributed by atoms with Gasteiger partial charge in [-0.3, -0.25) is 0 Å². The summed E-state index contributed by atoms with van der Waals surface area (Å²) in [5.74, 6) is 0.196. The number of hydrogen-bond donors (Lipinski definition) is 1. The zero-order chi connectivity index (χ0) is 11.2. The average Bonchev–Trinajstić information content (AvgIpc) is 2.88. The molecule has 86 valence electrons. The van der Waals surface area contributed by atoms with Crippen LogP contribution in [0.5, 0.6) is 0 Å². The highest BCUT2D eigenvalue weighted by Crippen LogP contribution is 2.48. The molecule has 2 heteroatoms. The van der Waals surface area contributed by atoms with Crippen LogP contribution in [0.2, 0.25) is 0 Å². The van der Waals surface area contributed by atoms with E-state index in [1.54, 1.807) is 6.07 Å². The Morgan fingerprint density at radius 2 is 2.00 bits per heavy atom. The second-order valence-corrected chi connectivity index (χ2v) is 5.17. The molecule has 0 heterocycles. The van der Waals surface area contributed by atoms with Crippen molar-refractivity contribution in [2.24, 2.45) is 5.92 Å². The number of benzene rings is 1. The summed E-state index contributed by atoms with van der Waals surface area (Å²) in [7, 11) is 0. The third-order valence-electron chi connectivity index (χ3n) is 4.37. The van der Waals surface area contributed by atoms with Crippen molar-refractivity contribution >= 4 is 0 Å². The van der Waals surface area contributed by atoms with E-state index in [9.17, 15) is 9.50 Å². The molecule has 1 nitrogen and oxygen atoms in total. The van der Waals surface area contributed by atoms with Crippen molar-refractivity contribution in [3.8, 4) is 0 Å². The van der Waals surface area contributed by atoms with Crippen LogP contribution in [0.3, 0.4) is 0 Å². The maximum Gasteiger partial charge on any atom is 0.126 e. The molecule has 0 saturated heterocycles. The first kappa shape index (κ1) is 10.3. The van der Waals surface area contributed by atoms with Gasteiger partial charge in [-0.15, -0.1) is 0 Å². The minimum absolute atomic E-state index is 0.147. The van der Waals surface area contributed by atoms with Crippen molar-refractivity contribution in [1.29, 1.82) is 0 Å². The van der Waals surface area contributed by atoms with Gasteiger partial charge in [0.05, 0.1) is 5.60 Å². The van der Waals surface area contributed by atoms with Crippen molar-refractivity contribution in [2.45, 2.75) is 44.1 Å². The number of aliphatic hydroxyl groups is 1. The fourth-order valence-corrected chi connectivity index (χ4v) is 3.50. The summed E-state index contributed by atoms with van der Waals surface area (Å²) >= 11 is 0. The molecule has 1 atom stereocenters. The van der Waals surface area contributed by atoms with Crippen LogP contribution in [0.15, 0.2) is 18.2 Å². The van der Waals surface area contributed by atoms with Crippen molar-refractivity contribution in [3.05, 3.63) is 35.1 Å². The molecule has 1 N–H and O–H groups in total. The first-order chi connectivity index (χ1) is 7.72. The SMILES string of the molecule is OC1(C2CCCC2)CCc2c(F)cccc21. The molecule has 1 aromatic rings. The third-order valence-corrected chi connectivity index (χ3v) is 4.37. The Hall–Kier alpha value is -0.890. The molecule has 1 aromatic carbocycles. The summed E-state index contributed by atoms with van der Waals surface area (Å²) in [6, 6.07) is 5.13. The van der Waals surface area contributed by atoms with Crippen molar-refractivity contribution in [3.63, 3.8) is 0 Å². The molecule has 16 heavy (non-hydrogen) atoms. The largest absolute Gasteiger partial charge is 0.385 e. The predicted molar refractivity (Wildman–Crippen MR) is 60.6 cm³/mol. The van der Waals surface area contributed by atoms with Gasteiger partial charge < -0.3 is 5.11 Å². The highest BCUT2D eigenvalue weighted by Gasteiger charge is 2.44. The van der Waals surface area contributed by atoms with Gasteiger partial charge in [-0.2, -0.15) is 0 Å². The maximum absolute atomic E-state index is 13.6. The summed E-state index contributed by atoms with van der Waals surface area (Å²) in [5, 5.41) is 10.8. The normalized spacial score (nSPS) is 29.6. The molecule has 0 radical (unpaired) electrons. The molecular weight excluding hydrogens is 203 g/mol. The minimum atomic E-state index is -0.742. The van der Waals surface area contributed by atoms with Crippen LogP contribution >= 0.6 is 0 Å². The monoisotopic (exact) mass is 220 g/mol. The number of fused-ring (bicyclic) bond motifs is 1. The Morgan fingerprint density at radius 3 is 2.75 bits per heavy atom. The van der Waals surface area contributed by atoms with Crippen LogP contribution in [0.1, 0.15) is 43.2 Å². The van der Waals surface area contributed by atoms with Crippen molar-refractivity contribution in [2.75, 3.05) is 0 Å². The zero-order valence-corrected chi connectivity index (χ0v) is 9.38. The van der Waals surface area contributed by atoms with Gasteiger partial charge in [0.25, 0.3) is 0 Å². The van der Waals surface area contributed by atoms with Gasteiger partial charge in [0.15, 0.2) is 0 Å². The molecule has 0 spiro atoms. The molecule has 3 rings (SSSR count). The van der Waals surface area contributed by atoms with E-state index in [2.05, 4.69) is 0 Å². The minimum Gasteiger partial charge on any atom is -0.385 e. The van der Waals surface area contributed by atoms with Gasteiger partial charge in [-0.1, -0.05) is 25.0 Å². The first-order valence-electron chi connectivity index (χ1n) is 6.22. The Labute approximate surface area is 95.3 Å². The molecule has 1 fully saturated rings. The van der Waals surface area contributed by atoms with E-state index in [-0.39, 0.29) is 5.82 Å². The van der Waals surface area contributed by atoms with Crippen LogP contribution in [0, 0.1) is 11.7 Å². The number of halogens is 1. The summed E-state index contributed by atoms with van der Waals surface area (Å²) in [6.07, 6.45) is 5.98. The zero-order valence-electron chi connectivity index (χ0n) is 9.38. The highest BCUT2D eigenvalue weighted by atomic mass is 19.1. The van der Waals surface area contributed by atoms with E-state index in [0.29, 0.717) is 18.8 Å². The third kappa shape index (κ3) is 1.32. The predicted octanol–water partition coefficient (Wildman–Crippen LogP) is 3.15. The van der Waals surface area contributed by atoms with Gasteiger partial charge in [-0.25, -0.2) is 4.39 Å². The lowest BCUT2D eigenvalue weighted by molar-refractivity contribution is -0.0200. The van der Waals surface area contributed by atoms with Crippen molar-refractivity contribution < 1.29 is 9.50 Å². The van der Waals surface area contributed by atoms with Gasteiger partial charge in [-0.05, 0) is 48.8 Å². The lowest BCUT2D eigenvalue weighted by atomic mass is 9.81. The molecular formula is C14H17FO. The molecule has 0 aromatic heterocycles. The smallest absolute Gasteiger partial charge is 0.126 e. The first-order valence-corrected chi connectivity index (χ1v) is 6.22. The lowest BCUT2D eigenvalue weighted by Crippen LogP contribution is -2.31. The maximum atomic E-state index is 13.6. The Bertz CT molecular complexity index is 409. The lowest BCUT2D eigenvalue weighted by Gasteiger charge is -2.30. The fourth-order valence-electron chi connectivity index (χ4n) is 3.50. The van der Waals surface area contributed by atoms with E-state index < -0.39 is 5.60 Å². The molecule has 0 aliphatic heterocycles. The molecule has 0 amide bonds. The van der Waals surface area contributed by atoms with E-state index in [4.69, 9.17) is 0 Å². The fraction of sp³-hybridized carbons (Fsp3) is 0.571. The summed E-state index contributed by atoms with van der Waals surface area (Å²) in [6.45, 7) is 0. The second-order valence-electron chi connectivity index (χ2n) is 5.17. The standard InChI is InChI=1S/C14H17FO/c15-13-7-3-6-12-11(13)8-9-14(12,16)10-4-1-2-5-10/h3,6-7,10,16H,1-2,4-5,8-9H2. The number of hydrogen-bond acceptors (Lipinski definition) is 1. The van der Waals surface area contributed by atoms with Gasteiger partial charge >= 0.3 is 0 Å². The Kier molecular flexibility index (Phi) is 2.28. The van der Waals surface area contributed by atoms with Crippen LogP contribution in [-0.2, 0) is 12.0 Å². The number of rotatable bonds is 1. The second kappa shape index (κ2) is 3.56. The van der Waals surface area contributed by atoms with E-state index in [0.717, 1.165) is 24.0 Å².